The number of nitrogens with one attached hydrogen (secondary N) is 1. The van der Waals surface area contributed by atoms with Crippen molar-refractivity contribution in [1.29, 1.82) is 0 Å². The molecule has 0 aliphatic heterocycles. The first-order valence-electron chi connectivity index (χ1n) is 8.68. The Morgan fingerprint density at radius 2 is 1.77 bits per heavy atom. The van der Waals surface area contributed by atoms with Gasteiger partial charge in [-0.25, -0.2) is 0 Å². The minimum Gasteiger partial charge on any atom is -0.406 e. The molecule has 2 amide bonds. The second kappa shape index (κ2) is 10.7. The number of hydrogen-bond acceptors (Lipinski definition) is 3. The number of anilines is 1. The third-order valence-corrected chi connectivity index (χ3v) is 3.49. The van der Waals surface area contributed by atoms with Crippen molar-refractivity contribution in [3.63, 3.8) is 0 Å². The predicted octanol–water partition coefficient (Wildman–Crippen LogP) is 4.34. The van der Waals surface area contributed by atoms with Gasteiger partial charge in [0, 0.05) is 37.7 Å². The molecular formula is C18H25F3N2O3. The zero-order valence-electron chi connectivity index (χ0n) is 15.1. The van der Waals surface area contributed by atoms with Crippen LogP contribution in [0.1, 0.15) is 46.0 Å². The van der Waals surface area contributed by atoms with Crippen molar-refractivity contribution in [2.45, 2.75) is 52.3 Å². The highest BCUT2D eigenvalue weighted by molar-refractivity contribution is 5.91. The van der Waals surface area contributed by atoms with E-state index >= 15 is 0 Å². The summed E-state index contributed by atoms with van der Waals surface area (Å²) in [5, 5.41) is 2.51. The van der Waals surface area contributed by atoms with Crippen molar-refractivity contribution in [2.24, 2.45) is 0 Å². The van der Waals surface area contributed by atoms with E-state index in [2.05, 4.69) is 10.1 Å². The lowest BCUT2D eigenvalue weighted by Gasteiger charge is -2.21. The smallest absolute Gasteiger partial charge is 0.406 e. The molecule has 0 fully saturated rings. The summed E-state index contributed by atoms with van der Waals surface area (Å²) in [4.78, 5) is 25.8. The summed E-state index contributed by atoms with van der Waals surface area (Å²) in [5.41, 5.74) is 0.210. The number of ether oxygens (including phenoxy) is 1. The molecule has 1 N–H and O–H groups in total. The van der Waals surface area contributed by atoms with E-state index in [4.69, 9.17) is 0 Å². The van der Waals surface area contributed by atoms with Gasteiger partial charge in [-0.05, 0) is 31.4 Å². The number of alkyl halides is 3. The highest BCUT2D eigenvalue weighted by Gasteiger charge is 2.31. The molecule has 26 heavy (non-hydrogen) atoms. The van der Waals surface area contributed by atoms with Gasteiger partial charge in [0.2, 0.25) is 11.8 Å². The minimum atomic E-state index is -4.79. The summed E-state index contributed by atoms with van der Waals surface area (Å²) in [6.45, 7) is 5.40. The van der Waals surface area contributed by atoms with Gasteiger partial charge in [-0.2, -0.15) is 0 Å². The maximum Gasteiger partial charge on any atom is 0.573 e. The van der Waals surface area contributed by atoms with Gasteiger partial charge < -0.3 is 15.0 Å². The van der Waals surface area contributed by atoms with Crippen molar-refractivity contribution in [1.82, 2.24) is 4.90 Å². The topological polar surface area (TPSA) is 58.6 Å². The van der Waals surface area contributed by atoms with Crippen LogP contribution in [-0.4, -0.2) is 36.2 Å². The van der Waals surface area contributed by atoms with Crippen LogP contribution in [0, 0.1) is 0 Å². The molecule has 5 nitrogen and oxygen atoms in total. The molecule has 0 bridgehead atoms. The quantitative estimate of drug-likeness (QED) is 0.663. The van der Waals surface area contributed by atoms with E-state index in [0.29, 0.717) is 19.5 Å². The number of nitrogens with zero attached hydrogens (tertiary/aromatic N) is 1. The number of hydrogen-bond donors (Lipinski definition) is 1. The lowest BCUT2D eigenvalue weighted by atomic mass is 10.2. The normalized spacial score (nSPS) is 11.1. The molecule has 0 aliphatic rings. The highest BCUT2D eigenvalue weighted by Crippen LogP contribution is 2.25. The van der Waals surface area contributed by atoms with Crippen LogP contribution in [0.5, 0.6) is 5.75 Å². The molecule has 1 aromatic carbocycles. The van der Waals surface area contributed by atoms with E-state index in [1.54, 1.807) is 4.90 Å². The van der Waals surface area contributed by atoms with Crippen LogP contribution in [0.2, 0.25) is 0 Å². The van der Waals surface area contributed by atoms with Gasteiger partial charge in [0.25, 0.3) is 0 Å². The minimum absolute atomic E-state index is 0.0158. The fourth-order valence-corrected chi connectivity index (χ4v) is 2.45. The second-order valence-electron chi connectivity index (χ2n) is 5.86. The van der Waals surface area contributed by atoms with Gasteiger partial charge >= 0.3 is 6.36 Å². The summed E-state index contributed by atoms with van der Waals surface area (Å²) >= 11 is 0. The van der Waals surface area contributed by atoms with Gasteiger partial charge in [-0.15, -0.1) is 13.2 Å². The van der Waals surface area contributed by atoms with Crippen LogP contribution in [0.3, 0.4) is 0 Å². The molecule has 0 saturated carbocycles. The maximum absolute atomic E-state index is 12.2. The largest absolute Gasteiger partial charge is 0.573 e. The molecule has 0 saturated heterocycles. The van der Waals surface area contributed by atoms with Gasteiger partial charge in [-0.1, -0.05) is 19.9 Å². The van der Waals surface area contributed by atoms with Crippen molar-refractivity contribution < 1.29 is 27.5 Å². The molecule has 1 aromatic rings. The van der Waals surface area contributed by atoms with Crippen LogP contribution < -0.4 is 10.1 Å². The standard InChI is InChI=1S/C18H25F3N2O3/c1-3-11-23(12-4-2)17(25)10-6-9-16(24)22-14-7-5-8-15(13-14)26-18(19,20)21/h5,7-8,13H,3-4,6,9-12H2,1-2H3,(H,22,24). The third kappa shape index (κ3) is 8.73. The molecular weight excluding hydrogens is 349 g/mol. The molecule has 0 atom stereocenters. The zero-order valence-corrected chi connectivity index (χ0v) is 15.1. The average molecular weight is 374 g/mol. The monoisotopic (exact) mass is 374 g/mol. The Labute approximate surface area is 151 Å². The van der Waals surface area contributed by atoms with Gasteiger partial charge in [0.15, 0.2) is 0 Å². The number of carbonyl (C=O) groups is 2. The van der Waals surface area contributed by atoms with Crippen molar-refractivity contribution >= 4 is 17.5 Å². The Morgan fingerprint density at radius 3 is 2.35 bits per heavy atom. The number of benzene rings is 1. The SMILES string of the molecule is CCCN(CCC)C(=O)CCCC(=O)Nc1cccc(OC(F)(F)F)c1. The van der Waals surface area contributed by atoms with E-state index in [-0.39, 0.29) is 30.3 Å². The first kappa shape index (κ1) is 21.8. The number of amides is 2. The Kier molecular flexibility index (Phi) is 8.95. The van der Waals surface area contributed by atoms with E-state index in [1.807, 2.05) is 13.8 Å². The molecule has 8 heteroatoms. The molecule has 0 radical (unpaired) electrons. The van der Waals surface area contributed by atoms with Crippen LogP contribution in [0.4, 0.5) is 18.9 Å². The maximum atomic E-state index is 12.2. The number of carbonyl (C=O) groups excluding carboxylic acids is 2. The summed E-state index contributed by atoms with van der Waals surface area (Å²) < 4.78 is 40.4. The Morgan fingerprint density at radius 1 is 1.12 bits per heavy atom. The van der Waals surface area contributed by atoms with Gasteiger partial charge in [0.05, 0.1) is 0 Å². The predicted molar refractivity (Wildman–Crippen MR) is 92.8 cm³/mol. The number of rotatable bonds is 10. The summed E-state index contributed by atoms with van der Waals surface area (Å²) in [5.74, 6) is -0.748. The highest BCUT2D eigenvalue weighted by atomic mass is 19.4. The van der Waals surface area contributed by atoms with Crippen LogP contribution in [0.15, 0.2) is 24.3 Å². The van der Waals surface area contributed by atoms with Crippen molar-refractivity contribution in [3.05, 3.63) is 24.3 Å². The van der Waals surface area contributed by atoms with Crippen LogP contribution in [-0.2, 0) is 9.59 Å². The Bertz CT molecular complexity index is 585. The molecule has 0 spiro atoms. The summed E-state index contributed by atoms with van der Waals surface area (Å²) in [6.07, 6.45) is -2.27. The van der Waals surface area contributed by atoms with Crippen LogP contribution >= 0.6 is 0 Å². The molecule has 0 heterocycles. The van der Waals surface area contributed by atoms with E-state index in [0.717, 1.165) is 25.0 Å². The average Bonchev–Trinajstić information content (AvgIpc) is 2.53. The van der Waals surface area contributed by atoms with Gasteiger partial charge in [0.1, 0.15) is 5.75 Å². The first-order chi connectivity index (χ1) is 12.2. The van der Waals surface area contributed by atoms with E-state index in [9.17, 15) is 22.8 Å². The van der Waals surface area contributed by atoms with Crippen molar-refractivity contribution in [2.75, 3.05) is 18.4 Å². The fourth-order valence-electron chi connectivity index (χ4n) is 2.45. The van der Waals surface area contributed by atoms with E-state index < -0.39 is 12.1 Å². The van der Waals surface area contributed by atoms with E-state index in [1.165, 1.54) is 12.1 Å². The molecule has 0 aliphatic carbocycles. The van der Waals surface area contributed by atoms with Crippen molar-refractivity contribution in [3.8, 4) is 5.75 Å². The first-order valence-corrected chi connectivity index (χ1v) is 8.68. The zero-order chi connectivity index (χ0) is 19.6. The second-order valence-corrected chi connectivity index (χ2v) is 5.86. The lowest BCUT2D eigenvalue weighted by Crippen LogP contribution is -2.32. The molecule has 1 rings (SSSR count). The third-order valence-electron chi connectivity index (χ3n) is 3.49. The summed E-state index contributed by atoms with van der Waals surface area (Å²) in [6, 6.07) is 5.07. The molecule has 0 aromatic heterocycles. The molecule has 0 unspecified atom stereocenters. The Balaban J connectivity index is 2.45. The number of halogens is 3. The summed E-state index contributed by atoms with van der Waals surface area (Å²) in [7, 11) is 0. The Hall–Kier alpha value is -2.25. The fraction of sp³-hybridized carbons (Fsp3) is 0.556. The van der Waals surface area contributed by atoms with Gasteiger partial charge in [-0.3, -0.25) is 9.59 Å². The lowest BCUT2D eigenvalue weighted by molar-refractivity contribution is -0.274. The van der Waals surface area contributed by atoms with Crippen LogP contribution in [0.25, 0.3) is 0 Å². The molecule has 146 valence electrons.